The van der Waals surface area contributed by atoms with Crippen LogP contribution < -0.4 is 0 Å². The Bertz CT molecular complexity index is 140. The van der Waals surface area contributed by atoms with E-state index in [1.807, 2.05) is 0 Å². The van der Waals surface area contributed by atoms with Gasteiger partial charge in [-0.3, -0.25) is 0 Å². The maximum absolute atomic E-state index is 3.96. The lowest BCUT2D eigenvalue weighted by molar-refractivity contribution is 0.524. The predicted molar refractivity (Wildman–Crippen MR) is 39.9 cm³/mol. The molecule has 0 aromatic carbocycles. The lowest BCUT2D eigenvalue weighted by Gasteiger charge is -2.12. The van der Waals surface area contributed by atoms with Crippen LogP contribution in [0.1, 0.15) is 20.3 Å². The smallest absolute Gasteiger partial charge is 0.00713 e. The normalized spacial score (nSPS) is 26.1. The highest BCUT2D eigenvalue weighted by Gasteiger charge is 2.16. The molecule has 49 valence electrons. The van der Waals surface area contributed by atoms with Crippen molar-refractivity contribution in [2.24, 2.45) is 11.8 Å². The molecular formula is C9H13. The van der Waals surface area contributed by atoms with E-state index in [1.165, 1.54) is 5.57 Å². The van der Waals surface area contributed by atoms with Crippen LogP contribution in [-0.2, 0) is 0 Å². The minimum Gasteiger partial charge on any atom is -0.0989 e. The Hall–Kier alpha value is -0.520. The van der Waals surface area contributed by atoms with Crippen molar-refractivity contribution in [1.29, 1.82) is 0 Å². The third kappa shape index (κ3) is 1.24. The summed E-state index contributed by atoms with van der Waals surface area (Å²) in [6.07, 6.45) is 6.42. The summed E-state index contributed by atoms with van der Waals surface area (Å²) in [5.41, 5.74) is 1.32. The first-order valence-corrected chi connectivity index (χ1v) is 3.47. The number of rotatable bonds is 1. The van der Waals surface area contributed by atoms with Crippen LogP contribution in [0.3, 0.4) is 0 Å². The molecule has 0 amide bonds. The molecule has 0 spiro atoms. The summed E-state index contributed by atoms with van der Waals surface area (Å²) >= 11 is 0. The number of allylic oxidation sites excluding steroid dienone is 3. The molecule has 0 heteroatoms. The van der Waals surface area contributed by atoms with Crippen molar-refractivity contribution in [1.82, 2.24) is 0 Å². The van der Waals surface area contributed by atoms with Crippen molar-refractivity contribution >= 4 is 0 Å². The molecule has 0 aliphatic heterocycles. The molecule has 1 rings (SSSR count). The van der Waals surface area contributed by atoms with Gasteiger partial charge in [-0.25, -0.2) is 0 Å². The zero-order valence-electron chi connectivity index (χ0n) is 6.15. The lowest BCUT2D eigenvalue weighted by Crippen LogP contribution is -2.03. The van der Waals surface area contributed by atoms with Gasteiger partial charge in [0.15, 0.2) is 0 Å². The fourth-order valence-electron chi connectivity index (χ4n) is 1.23. The average molecular weight is 121 g/mol. The quantitative estimate of drug-likeness (QED) is 0.468. The standard InChI is InChI=1S/C9H13/c1-7(2)9-6-4-5-8(9)3/h4,7,9H,3,5H2,1-2H3/t9-/m0/s1. The van der Waals surface area contributed by atoms with E-state index in [0.717, 1.165) is 6.42 Å². The molecule has 9 heavy (non-hydrogen) atoms. The Labute approximate surface area is 57.3 Å². The van der Waals surface area contributed by atoms with Gasteiger partial charge in [0.25, 0.3) is 0 Å². The molecule has 0 unspecified atom stereocenters. The van der Waals surface area contributed by atoms with Crippen molar-refractivity contribution in [2.75, 3.05) is 0 Å². The Morgan fingerprint density at radius 2 is 2.44 bits per heavy atom. The molecule has 0 nitrogen and oxygen atoms in total. The van der Waals surface area contributed by atoms with Gasteiger partial charge in [0.05, 0.1) is 0 Å². The highest BCUT2D eigenvalue weighted by Crippen LogP contribution is 2.27. The average Bonchev–Trinajstić information content (AvgIpc) is 2.13. The predicted octanol–water partition coefficient (Wildman–Crippen LogP) is 2.58. The Kier molecular flexibility index (Phi) is 1.75. The molecule has 0 saturated heterocycles. The summed E-state index contributed by atoms with van der Waals surface area (Å²) in [5, 5.41) is 0. The summed E-state index contributed by atoms with van der Waals surface area (Å²) in [6, 6.07) is 0. The summed E-state index contributed by atoms with van der Waals surface area (Å²) < 4.78 is 0. The first kappa shape index (κ1) is 6.60. The molecule has 0 bridgehead atoms. The molecule has 0 N–H and O–H groups in total. The summed E-state index contributed by atoms with van der Waals surface area (Å²) in [6.45, 7) is 8.38. The van der Waals surface area contributed by atoms with Gasteiger partial charge >= 0.3 is 0 Å². The maximum atomic E-state index is 3.96. The second kappa shape index (κ2) is 2.38. The highest BCUT2D eigenvalue weighted by atomic mass is 14.2. The van der Waals surface area contributed by atoms with Crippen molar-refractivity contribution in [3.63, 3.8) is 0 Å². The van der Waals surface area contributed by atoms with E-state index in [4.69, 9.17) is 0 Å². The third-order valence-electron chi connectivity index (χ3n) is 1.77. The topological polar surface area (TPSA) is 0 Å². The van der Waals surface area contributed by atoms with Gasteiger partial charge in [0.1, 0.15) is 0 Å². The van der Waals surface area contributed by atoms with Gasteiger partial charge in [-0.2, -0.15) is 0 Å². The Morgan fingerprint density at radius 3 is 2.67 bits per heavy atom. The molecule has 1 aliphatic rings. The van der Waals surface area contributed by atoms with Gasteiger partial charge in [-0.05, 0) is 18.4 Å². The van der Waals surface area contributed by atoms with E-state index >= 15 is 0 Å². The van der Waals surface area contributed by atoms with Crippen LogP contribution >= 0.6 is 0 Å². The largest absolute Gasteiger partial charge is 0.0989 e. The summed E-state index contributed by atoms with van der Waals surface area (Å²) in [5.74, 6) is 1.21. The molecular weight excluding hydrogens is 108 g/mol. The minimum absolute atomic E-state index is 0.532. The highest BCUT2D eigenvalue weighted by molar-refractivity contribution is 5.16. The van der Waals surface area contributed by atoms with Crippen LogP contribution in [0.5, 0.6) is 0 Å². The van der Waals surface area contributed by atoms with Gasteiger partial charge in [-0.1, -0.05) is 32.1 Å². The van der Waals surface area contributed by atoms with Crippen molar-refractivity contribution in [3.8, 4) is 0 Å². The van der Waals surface area contributed by atoms with E-state index in [9.17, 15) is 0 Å². The van der Waals surface area contributed by atoms with E-state index in [-0.39, 0.29) is 0 Å². The van der Waals surface area contributed by atoms with Crippen LogP contribution in [-0.4, -0.2) is 0 Å². The molecule has 1 aliphatic carbocycles. The third-order valence-corrected chi connectivity index (χ3v) is 1.77. The molecule has 1 radical (unpaired) electrons. The van der Waals surface area contributed by atoms with Gasteiger partial charge in [0, 0.05) is 5.92 Å². The molecule has 0 aromatic rings. The first-order valence-electron chi connectivity index (χ1n) is 3.47. The molecule has 0 fully saturated rings. The van der Waals surface area contributed by atoms with Crippen LogP contribution in [0.15, 0.2) is 18.2 Å². The molecule has 0 heterocycles. The molecule has 0 aromatic heterocycles. The van der Waals surface area contributed by atoms with Crippen LogP contribution in [0.2, 0.25) is 0 Å². The number of hydrogen-bond donors (Lipinski definition) is 0. The SMILES string of the molecule is C=C1CC=[C][C@H]1C(C)C. The number of hydrogen-bond acceptors (Lipinski definition) is 0. The van der Waals surface area contributed by atoms with Crippen molar-refractivity contribution in [2.45, 2.75) is 20.3 Å². The molecule has 0 saturated carbocycles. The first-order chi connectivity index (χ1) is 4.22. The second-order valence-electron chi connectivity index (χ2n) is 2.95. The van der Waals surface area contributed by atoms with Crippen LogP contribution in [0.4, 0.5) is 0 Å². The van der Waals surface area contributed by atoms with Gasteiger partial charge < -0.3 is 0 Å². The maximum Gasteiger partial charge on any atom is 0.00713 e. The van der Waals surface area contributed by atoms with Crippen LogP contribution in [0.25, 0.3) is 0 Å². The lowest BCUT2D eigenvalue weighted by atomic mass is 9.92. The van der Waals surface area contributed by atoms with Crippen LogP contribution in [0, 0.1) is 17.9 Å². The Balaban J connectivity index is 2.59. The fourth-order valence-corrected chi connectivity index (χ4v) is 1.23. The Morgan fingerprint density at radius 1 is 1.78 bits per heavy atom. The van der Waals surface area contributed by atoms with E-state index in [2.05, 4.69) is 32.6 Å². The van der Waals surface area contributed by atoms with E-state index in [0.29, 0.717) is 11.8 Å². The van der Waals surface area contributed by atoms with Crippen molar-refractivity contribution < 1.29 is 0 Å². The van der Waals surface area contributed by atoms with Gasteiger partial charge in [0.2, 0.25) is 0 Å². The monoisotopic (exact) mass is 121 g/mol. The summed E-state index contributed by atoms with van der Waals surface area (Å²) in [7, 11) is 0. The molecule has 1 atom stereocenters. The zero-order valence-corrected chi connectivity index (χ0v) is 6.15. The van der Waals surface area contributed by atoms with Gasteiger partial charge in [-0.15, -0.1) is 0 Å². The minimum atomic E-state index is 0.532. The zero-order chi connectivity index (χ0) is 6.85. The fraction of sp³-hybridized carbons (Fsp3) is 0.556. The second-order valence-corrected chi connectivity index (χ2v) is 2.95. The summed E-state index contributed by atoms with van der Waals surface area (Å²) in [4.78, 5) is 0. The van der Waals surface area contributed by atoms with E-state index < -0.39 is 0 Å². The van der Waals surface area contributed by atoms with E-state index in [1.54, 1.807) is 0 Å². The van der Waals surface area contributed by atoms with Crippen molar-refractivity contribution in [3.05, 3.63) is 24.3 Å².